The molecule has 1 unspecified atom stereocenters. The summed E-state index contributed by atoms with van der Waals surface area (Å²) >= 11 is 3.52. The van der Waals surface area contributed by atoms with E-state index in [1.54, 1.807) is 0 Å². The molecule has 16 heavy (non-hydrogen) atoms. The fraction of sp³-hybridized carbons (Fsp3) is 0.538. The second-order valence-corrected chi connectivity index (χ2v) is 5.47. The third kappa shape index (κ3) is 3.30. The maximum Gasteiger partial charge on any atom is 0.0692 e. The van der Waals surface area contributed by atoms with E-state index in [2.05, 4.69) is 46.4 Å². The largest absolute Gasteiger partial charge is 0.392 e. The van der Waals surface area contributed by atoms with Gasteiger partial charge in [0.2, 0.25) is 0 Å². The number of benzene rings is 1. The lowest BCUT2D eigenvalue weighted by Crippen LogP contribution is -2.27. The molecule has 2 N–H and O–H groups in total. The molecule has 88 valence electrons. The summed E-state index contributed by atoms with van der Waals surface area (Å²) in [6.45, 7) is 3.61. The van der Waals surface area contributed by atoms with E-state index >= 15 is 0 Å². The first-order chi connectivity index (χ1) is 7.66. The van der Waals surface area contributed by atoms with Crippen molar-refractivity contribution in [3.8, 4) is 0 Å². The summed E-state index contributed by atoms with van der Waals surface area (Å²) in [5, 5.41) is 13.0. The molecule has 2 rings (SSSR count). The van der Waals surface area contributed by atoms with Crippen molar-refractivity contribution >= 4 is 15.9 Å². The molecular weight excluding hydrogens is 266 g/mol. The van der Waals surface area contributed by atoms with Gasteiger partial charge in [0.1, 0.15) is 0 Å². The van der Waals surface area contributed by atoms with Crippen LogP contribution < -0.4 is 5.32 Å². The number of aliphatic hydroxyl groups excluding tert-OH is 1. The highest BCUT2D eigenvalue weighted by Gasteiger charge is 2.28. The van der Waals surface area contributed by atoms with Gasteiger partial charge in [-0.25, -0.2) is 0 Å². The van der Waals surface area contributed by atoms with Gasteiger partial charge >= 0.3 is 0 Å². The van der Waals surface area contributed by atoms with E-state index in [1.165, 1.54) is 24.0 Å². The van der Waals surface area contributed by atoms with Gasteiger partial charge in [-0.05, 0) is 42.9 Å². The summed E-state index contributed by atoms with van der Waals surface area (Å²) in [6, 6.07) is 6.36. The Morgan fingerprint density at radius 2 is 2.25 bits per heavy atom. The molecule has 0 aromatic heterocycles. The van der Waals surface area contributed by atoms with Crippen LogP contribution in [0.15, 0.2) is 22.7 Å². The lowest BCUT2D eigenvalue weighted by atomic mass is 10.1. The second kappa shape index (κ2) is 5.30. The van der Waals surface area contributed by atoms with Crippen LogP contribution in [0.4, 0.5) is 0 Å². The molecule has 1 aliphatic rings. The Labute approximate surface area is 105 Å². The minimum Gasteiger partial charge on any atom is -0.392 e. The van der Waals surface area contributed by atoms with Crippen LogP contribution in [0.5, 0.6) is 0 Å². The van der Waals surface area contributed by atoms with E-state index in [0.717, 1.165) is 11.0 Å². The standard InChI is InChI=1S/C13H18BrNO/c1-9-2-3-10(6-12(9)14)7-15-8-13(16)11-4-5-11/h2-3,6,11,13,15-16H,4-5,7-8H2,1H3. The van der Waals surface area contributed by atoms with Crippen LogP contribution in [0.3, 0.4) is 0 Å². The molecule has 0 bridgehead atoms. The van der Waals surface area contributed by atoms with Crippen LogP contribution in [-0.4, -0.2) is 17.8 Å². The number of halogens is 1. The lowest BCUT2D eigenvalue weighted by molar-refractivity contribution is 0.148. The van der Waals surface area contributed by atoms with Gasteiger partial charge in [0.05, 0.1) is 6.10 Å². The Balaban J connectivity index is 1.78. The minimum atomic E-state index is -0.158. The molecule has 1 fully saturated rings. The summed E-state index contributed by atoms with van der Waals surface area (Å²) in [6.07, 6.45) is 2.23. The normalized spacial score (nSPS) is 17.4. The maximum atomic E-state index is 9.69. The van der Waals surface area contributed by atoms with Gasteiger partial charge in [-0.1, -0.05) is 28.1 Å². The van der Waals surface area contributed by atoms with Gasteiger partial charge in [0, 0.05) is 17.6 Å². The summed E-state index contributed by atoms with van der Waals surface area (Å²) in [5.74, 6) is 0.553. The highest BCUT2D eigenvalue weighted by molar-refractivity contribution is 9.10. The third-order valence-corrected chi connectivity index (χ3v) is 3.94. The monoisotopic (exact) mass is 283 g/mol. The van der Waals surface area contributed by atoms with Gasteiger partial charge < -0.3 is 10.4 Å². The second-order valence-electron chi connectivity index (χ2n) is 4.62. The van der Waals surface area contributed by atoms with Gasteiger partial charge in [-0.15, -0.1) is 0 Å². The van der Waals surface area contributed by atoms with Crippen molar-refractivity contribution in [2.24, 2.45) is 5.92 Å². The molecule has 1 aliphatic carbocycles. The van der Waals surface area contributed by atoms with Crippen LogP contribution in [0.2, 0.25) is 0 Å². The zero-order valence-corrected chi connectivity index (χ0v) is 11.1. The SMILES string of the molecule is Cc1ccc(CNCC(O)C2CC2)cc1Br. The highest BCUT2D eigenvalue weighted by Crippen LogP contribution is 2.32. The molecule has 1 atom stereocenters. The van der Waals surface area contributed by atoms with Crippen molar-refractivity contribution in [3.63, 3.8) is 0 Å². The van der Waals surface area contributed by atoms with Crippen LogP contribution in [0.1, 0.15) is 24.0 Å². The molecule has 3 heteroatoms. The first-order valence-corrected chi connectivity index (χ1v) is 6.60. The average molecular weight is 284 g/mol. The fourth-order valence-corrected chi connectivity index (χ4v) is 2.18. The smallest absolute Gasteiger partial charge is 0.0692 e. The van der Waals surface area contributed by atoms with Gasteiger partial charge in [0.15, 0.2) is 0 Å². The molecule has 1 saturated carbocycles. The number of rotatable bonds is 5. The van der Waals surface area contributed by atoms with E-state index in [1.807, 2.05) is 0 Å². The first-order valence-electron chi connectivity index (χ1n) is 5.80. The predicted octanol–water partition coefficient (Wildman–Crippen LogP) is 2.62. The number of nitrogens with one attached hydrogen (secondary N) is 1. The Morgan fingerprint density at radius 3 is 2.88 bits per heavy atom. The molecule has 0 spiro atoms. The quantitative estimate of drug-likeness (QED) is 0.871. The van der Waals surface area contributed by atoms with Crippen molar-refractivity contribution in [2.45, 2.75) is 32.4 Å². The van der Waals surface area contributed by atoms with E-state index in [9.17, 15) is 5.11 Å². The van der Waals surface area contributed by atoms with Gasteiger partial charge in [0.25, 0.3) is 0 Å². The molecule has 1 aromatic rings. The Morgan fingerprint density at radius 1 is 1.50 bits per heavy atom. The molecule has 0 heterocycles. The summed E-state index contributed by atoms with van der Waals surface area (Å²) in [5.41, 5.74) is 2.50. The number of hydrogen-bond acceptors (Lipinski definition) is 2. The third-order valence-electron chi connectivity index (χ3n) is 3.09. The van der Waals surface area contributed by atoms with Crippen molar-refractivity contribution in [1.82, 2.24) is 5.32 Å². The predicted molar refractivity (Wildman–Crippen MR) is 69.3 cm³/mol. The number of aliphatic hydroxyl groups is 1. The van der Waals surface area contributed by atoms with Gasteiger partial charge in [-0.2, -0.15) is 0 Å². The summed E-state index contributed by atoms with van der Waals surface area (Å²) in [4.78, 5) is 0. The average Bonchev–Trinajstić information content (AvgIpc) is 3.07. The minimum absolute atomic E-state index is 0.158. The molecular formula is C13H18BrNO. The topological polar surface area (TPSA) is 32.3 Å². The molecule has 0 aliphatic heterocycles. The van der Waals surface area contributed by atoms with E-state index in [4.69, 9.17) is 0 Å². The molecule has 0 amide bonds. The molecule has 0 saturated heterocycles. The van der Waals surface area contributed by atoms with Crippen LogP contribution in [-0.2, 0) is 6.54 Å². The van der Waals surface area contributed by atoms with Crippen molar-refractivity contribution in [1.29, 1.82) is 0 Å². The Bertz CT molecular complexity index is 363. The lowest BCUT2D eigenvalue weighted by Gasteiger charge is -2.11. The summed E-state index contributed by atoms with van der Waals surface area (Å²) < 4.78 is 1.15. The van der Waals surface area contributed by atoms with Crippen LogP contribution in [0, 0.1) is 12.8 Å². The Kier molecular flexibility index (Phi) is 4.00. The summed E-state index contributed by atoms with van der Waals surface area (Å²) in [7, 11) is 0. The zero-order valence-electron chi connectivity index (χ0n) is 9.54. The number of aryl methyl sites for hydroxylation is 1. The van der Waals surface area contributed by atoms with E-state index in [-0.39, 0.29) is 6.10 Å². The van der Waals surface area contributed by atoms with E-state index in [0.29, 0.717) is 12.5 Å². The molecule has 1 aromatic carbocycles. The van der Waals surface area contributed by atoms with Crippen molar-refractivity contribution in [3.05, 3.63) is 33.8 Å². The van der Waals surface area contributed by atoms with Crippen LogP contribution in [0.25, 0.3) is 0 Å². The Hall–Kier alpha value is -0.380. The highest BCUT2D eigenvalue weighted by atomic mass is 79.9. The molecule has 0 radical (unpaired) electrons. The van der Waals surface area contributed by atoms with Crippen molar-refractivity contribution < 1.29 is 5.11 Å². The van der Waals surface area contributed by atoms with Gasteiger partial charge in [-0.3, -0.25) is 0 Å². The maximum absolute atomic E-state index is 9.69. The van der Waals surface area contributed by atoms with Crippen molar-refractivity contribution in [2.75, 3.05) is 6.54 Å². The van der Waals surface area contributed by atoms with Crippen LogP contribution >= 0.6 is 15.9 Å². The first kappa shape index (κ1) is 12.1. The van der Waals surface area contributed by atoms with E-state index < -0.39 is 0 Å². The number of hydrogen-bond donors (Lipinski definition) is 2. The fourth-order valence-electron chi connectivity index (χ4n) is 1.76. The molecule has 2 nitrogen and oxygen atoms in total. The zero-order chi connectivity index (χ0) is 11.5.